The van der Waals surface area contributed by atoms with E-state index < -0.39 is 11.8 Å². The van der Waals surface area contributed by atoms with Crippen molar-refractivity contribution >= 4 is 6.09 Å². The molecule has 122 valence electrons. The highest BCUT2D eigenvalue weighted by molar-refractivity contribution is 5.68. The summed E-state index contributed by atoms with van der Waals surface area (Å²) in [5, 5.41) is 9.28. The second-order valence-electron chi connectivity index (χ2n) is 6.82. The molecule has 4 nitrogen and oxygen atoms in total. The summed E-state index contributed by atoms with van der Waals surface area (Å²) in [6.45, 7) is 6.42. The summed E-state index contributed by atoms with van der Waals surface area (Å²) >= 11 is 0. The van der Waals surface area contributed by atoms with Gasteiger partial charge in [0.15, 0.2) is 0 Å². The highest BCUT2D eigenvalue weighted by Crippen LogP contribution is 2.33. The van der Waals surface area contributed by atoms with Crippen LogP contribution in [-0.4, -0.2) is 34.8 Å². The molecule has 1 fully saturated rings. The van der Waals surface area contributed by atoms with Crippen molar-refractivity contribution in [1.82, 2.24) is 4.90 Å². The average molecular weight is 309 g/mol. The maximum Gasteiger partial charge on any atom is 0.410 e. The fourth-order valence-corrected chi connectivity index (χ4v) is 2.67. The Labute approximate surface area is 130 Å². The van der Waals surface area contributed by atoms with Gasteiger partial charge in [-0.3, -0.25) is 0 Å². The lowest BCUT2D eigenvalue weighted by molar-refractivity contribution is 0.0110. The average Bonchev–Trinajstić information content (AvgIpc) is 2.46. The van der Waals surface area contributed by atoms with Gasteiger partial charge in [-0.1, -0.05) is 12.1 Å². The molecular formula is C17H24FNO3. The monoisotopic (exact) mass is 309 g/mol. The first-order chi connectivity index (χ1) is 10.3. The van der Waals surface area contributed by atoms with E-state index in [2.05, 4.69) is 0 Å². The number of likely N-dealkylation sites (tertiary alicyclic amines) is 1. The number of hydrogen-bond donors (Lipinski definition) is 1. The third kappa shape index (κ3) is 4.36. The van der Waals surface area contributed by atoms with Crippen LogP contribution in [0.3, 0.4) is 0 Å². The maximum absolute atomic E-state index is 14.7. The van der Waals surface area contributed by atoms with Gasteiger partial charge in [0.2, 0.25) is 0 Å². The number of phenols is 1. The predicted molar refractivity (Wildman–Crippen MR) is 82.5 cm³/mol. The van der Waals surface area contributed by atoms with Gasteiger partial charge in [-0.05, 0) is 51.3 Å². The predicted octanol–water partition coefficient (Wildman–Crippen LogP) is 4.05. The Balaban J connectivity index is 2.00. The number of hydrogen-bond acceptors (Lipinski definition) is 3. The van der Waals surface area contributed by atoms with Gasteiger partial charge in [0.05, 0.1) is 0 Å². The molecule has 2 unspecified atom stereocenters. The van der Waals surface area contributed by atoms with Crippen LogP contribution in [0.1, 0.15) is 45.3 Å². The lowest BCUT2D eigenvalue weighted by Crippen LogP contribution is -2.43. The van der Waals surface area contributed by atoms with Crippen LogP contribution in [0.25, 0.3) is 0 Å². The summed E-state index contributed by atoms with van der Waals surface area (Å²) in [6.07, 6.45) is -0.0232. The van der Waals surface area contributed by atoms with Gasteiger partial charge in [-0.15, -0.1) is 0 Å². The number of amides is 1. The third-order valence-corrected chi connectivity index (χ3v) is 3.73. The SMILES string of the molecule is CC(C)(C)OC(=O)N1CCCC(C(F)c2ccc(O)cc2)C1. The number of carbonyl (C=O) groups is 1. The molecule has 2 atom stereocenters. The quantitative estimate of drug-likeness (QED) is 0.896. The van der Waals surface area contributed by atoms with Crippen molar-refractivity contribution in [3.63, 3.8) is 0 Å². The molecule has 2 rings (SSSR count). The maximum atomic E-state index is 14.7. The Bertz CT molecular complexity index is 510. The van der Waals surface area contributed by atoms with Crippen LogP contribution in [0.4, 0.5) is 9.18 Å². The van der Waals surface area contributed by atoms with Crippen LogP contribution in [0.2, 0.25) is 0 Å². The summed E-state index contributed by atoms with van der Waals surface area (Å²) in [6, 6.07) is 6.14. The van der Waals surface area contributed by atoms with E-state index in [4.69, 9.17) is 4.74 Å². The minimum atomic E-state index is -1.15. The van der Waals surface area contributed by atoms with Crippen molar-refractivity contribution in [3.8, 4) is 5.75 Å². The molecule has 1 heterocycles. The van der Waals surface area contributed by atoms with Gasteiger partial charge >= 0.3 is 6.09 Å². The number of halogens is 1. The van der Waals surface area contributed by atoms with Crippen molar-refractivity contribution in [2.45, 2.75) is 45.4 Å². The zero-order valence-electron chi connectivity index (χ0n) is 13.4. The highest BCUT2D eigenvalue weighted by Gasteiger charge is 2.32. The fourth-order valence-electron chi connectivity index (χ4n) is 2.67. The summed E-state index contributed by atoms with van der Waals surface area (Å²) in [5.41, 5.74) is -0.00957. The Morgan fingerprint density at radius 3 is 2.59 bits per heavy atom. The number of carbonyl (C=O) groups excluding carboxylic acids is 1. The van der Waals surface area contributed by atoms with Crippen molar-refractivity contribution in [3.05, 3.63) is 29.8 Å². The third-order valence-electron chi connectivity index (χ3n) is 3.73. The first-order valence-electron chi connectivity index (χ1n) is 7.67. The molecule has 0 bridgehead atoms. The number of phenolic OH excluding ortho intramolecular Hbond substituents is 1. The number of piperidine rings is 1. The molecule has 1 amide bonds. The van der Waals surface area contributed by atoms with E-state index in [1.165, 1.54) is 12.1 Å². The minimum absolute atomic E-state index is 0.120. The molecule has 0 radical (unpaired) electrons. The van der Waals surface area contributed by atoms with E-state index in [-0.39, 0.29) is 17.8 Å². The highest BCUT2D eigenvalue weighted by atomic mass is 19.1. The van der Waals surface area contributed by atoms with Gasteiger partial charge in [0, 0.05) is 19.0 Å². The molecule has 1 aromatic carbocycles. The van der Waals surface area contributed by atoms with E-state index in [0.717, 1.165) is 12.8 Å². The van der Waals surface area contributed by atoms with Crippen LogP contribution in [0.5, 0.6) is 5.75 Å². The van der Waals surface area contributed by atoms with Crippen molar-refractivity contribution in [2.75, 3.05) is 13.1 Å². The molecule has 22 heavy (non-hydrogen) atoms. The number of ether oxygens (including phenoxy) is 1. The largest absolute Gasteiger partial charge is 0.508 e. The Morgan fingerprint density at radius 2 is 2.00 bits per heavy atom. The Morgan fingerprint density at radius 1 is 1.36 bits per heavy atom. The number of aromatic hydroxyl groups is 1. The molecule has 0 aliphatic carbocycles. The van der Waals surface area contributed by atoms with Crippen molar-refractivity contribution in [2.24, 2.45) is 5.92 Å². The van der Waals surface area contributed by atoms with Gasteiger partial charge in [-0.25, -0.2) is 9.18 Å². The molecule has 1 N–H and O–H groups in total. The van der Waals surface area contributed by atoms with Gasteiger partial charge in [0.1, 0.15) is 17.5 Å². The molecular weight excluding hydrogens is 285 g/mol. The molecule has 5 heteroatoms. The summed E-state index contributed by atoms with van der Waals surface area (Å²) in [5.74, 6) is -0.124. The summed E-state index contributed by atoms with van der Waals surface area (Å²) in [4.78, 5) is 13.7. The van der Waals surface area contributed by atoms with Crippen molar-refractivity contribution in [1.29, 1.82) is 0 Å². The molecule has 1 saturated heterocycles. The van der Waals surface area contributed by atoms with Gasteiger partial charge < -0.3 is 14.7 Å². The zero-order chi connectivity index (χ0) is 16.3. The van der Waals surface area contributed by atoms with Crippen LogP contribution < -0.4 is 0 Å². The van der Waals surface area contributed by atoms with E-state index in [1.807, 2.05) is 20.8 Å². The molecule has 1 aliphatic heterocycles. The van der Waals surface area contributed by atoms with E-state index in [9.17, 15) is 14.3 Å². The second kappa shape index (κ2) is 6.55. The van der Waals surface area contributed by atoms with Crippen LogP contribution in [-0.2, 0) is 4.74 Å². The first kappa shape index (κ1) is 16.6. The van der Waals surface area contributed by atoms with Crippen LogP contribution in [0, 0.1) is 5.92 Å². The first-order valence-corrected chi connectivity index (χ1v) is 7.67. The smallest absolute Gasteiger partial charge is 0.410 e. The molecule has 0 aromatic heterocycles. The number of benzene rings is 1. The molecule has 0 saturated carbocycles. The topological polar surface area (TPSA) is 49.8 Å². The van der Waals surface area contributed by atoms with E-state index in [0.29, 0.717) is 18.7 Å². The lowest BCUT2D eigenvalue weighted by Gasteiger charge is -2.35. The fraction of sp³-hybridized carbons (Fsp3) is 0.588. The Kier molecular flexibility index (Phi) is 4.94. The van der Waals surface area contributed by atoms with Gasteiger partial charge in [-0.2, -0.15) is 0 Å². The number of nitrogens with zero attached hydrogens (tertiary/aromatic N) is 1. The van der Waals surface area contributed by atoms with Crippen LogP contribution in [0.15, 0.2) is 24.3 Å². The normalized spacial score (nSPS) is 20.5. The van der Waals surface area contributed by atoms with Crippen LogP contribution >= 0.6 is 0 Å². The lowest BCUT2D eigenvalue weighted by atomic mass is 9.89. The molecule has 0 spiro atoms. The second-order valence-corrected chi connectivity index (χ2v) is 6.82. The molecule has 1 aliphatic rings. The van der Waals surface area contributed by atoms with E-state index in [1.54, 1.807) is 17.0 Å². The number of alkyl halides is 1. The minimum Gasteiger partial charge on any atom is -0.508 e. The number of rotatable bonds is 2. The summed E-state index contributed by atoms with van der Waals surface area (Å²) in [7, 11) is 0. The van der Waals surface area contributed by atoms with Gasteiger partial charge in [0.25, 0.3) is 0 Å². The van der Waals surface area contributed by atoms with Crippen molar-refractivity contribution < 1.29 is 19.0 Å². The Hall–Kier alpha value is -1.78. The molecule has 1 aromatic rings. The zero-order valence-corrected chi connectivity index (χ0v) is 13.4. The summed E-state index contributed by atoms with van der Waals surface area (Å²) < 4.78 is 20.0. The standard InChI is InChI=1S/C17H24FNO3/c1-17(2,3)22-16(21)19-10-4-5-13(11-19)15(18)12-6-8-14(20)9-7-12/h6-9,13,15,20H,4-5,10-11H2,1-3H3. The van der Waals surface area contributed by atoms with E-state index >= 15 is 0 Å².